The fourth-order valence-electron chi connectivity index (χ4n) is 1.45. The molecule has 0 aromatic carbocycles. The first-order valence-electron chi connectivity index (χ1n) is 5.48. The summed E-state index contributed by atoms with van der Waals surface area (Å²) in [5.74, 6) is 0. The van der Waals surface area contributed by atoms with Crippen LogP contribution in [0.5, 0.6) is 0 Å². The van der Waals surface area contributed by atoms with Crippen LogP contribution in [0.2, 0.25) is 0 Å². The lowest BCUT2D eigenvalue weighted by molar-refractivity contribution is -0.147. The third-order valence-corrected chi connectivity index (χ3v) is 6.30. The van der Waals surface area contributed by atoms with Gasteiger partial charge in [-0.3, -0.25) is 4.57 Å². The minimum Gasteiger partial charge on any atom is -0.388 e. The Kier molecular flexibility index (Phi) is 6.56. The van der Waals surface area contributed by atoms with Crippen LogP contribution in [0.4, 0.5) is 0 Å². The molecule has 0 aliphatic carbocycles. The minimum absolute atomic E-state index is 0.832. The molecule has 1 saturated heterocycles. The van der Waals surface area contributed by atoms with Gasteiger partial charge in [-0.15, -0.1) is 0 Å². The molecule has 1 heterocycles. The van der Waals surface area contributed by atoms with Crippen molar-refractivity contribution in [2.75, 3.05) is 6.35 Å². The van der Waals surface area contributed by atoms with Crippen LogP contribution >= 0.6 is 23.2 Å². The third kappa shape index (κ3) is 6.46. The highest BCUT2D eigenvalue weighted by atomic mass is 31.3. The zero-order valence-corrected chi connectivity index (χ0v) is 13.6. The predicted molar refractivity (Wildman–Crippen MR) is 69.0 cm³/mol. The lowest BCUT2D eigenvalue weighted by Crippen LogP contribution is -2.33. The highest BCUT2D eigenvalue weighted by molar-refractivity contribution is 7.68. The summed E-state index contributed by atoms with van der Waals surface area (Å²) in [6.07, 6.45) is -5.63. The second-order valence-electron chi connectivity index (χ2n) is 4.25. The van der Waals surface area contributed by atoms with Crippen molar-refractivity contribution in [2.24, 2.45) is 0 Å². The third-order valence-electron chi connectivity index (χ3n) is 2.30. The Labute approximate surface area is 124 Å². The number of aliphatic hydroxyl groups is 2. The SMILES string of the molecule is B[C@@H]1O[C@H](OCP(=O)(O)OP(=O)(O)OP(=O)(O)O)C(O)C1O. The van der Waals surface area contributed by atoms with Crippen LogP contribution < -0.4 is 0 Å². The molecule has 0 bridgehead atoms. The van der Waals surface area contributed by atoms with Crippen molar-refractivity contribution < 1.29 is 61.6 Å². The Morgan fingerprint density at radius 1 is 1.00 bits per heavy atom. The van der Waals surface area contributed by atoms with Gasteiger partial charge in [-0.1, -0.05) is 0 Å². The maximum atomic E-state index is 11.5. The van der Waals surface area contributed by atoms with Gasteiger partial charge in [-0.2, -0.15) is 4.31 Å². The Morgan fingerprint density at radius 2 is 1.55 bits per heavy atom. The van der Waals surface area contributed by atoms with E-state index in [-0.39, 0.29) is 0 Å². The van der Waals surface area contributed by atoms with Crippen molar-refractivity contribution in [1.82, 2.24) is 0 Å². The van der Waals surface area contributed by atoms with E-state index >= 15 is 0 Å². The maximum Gasteiger partial charge on any atom is 0.488 e. The van der Waals surface area contributed by atoms with Crippen molar-refractivity contribution in [2.45, 2.75) is 24.5 Å². The molecule has 1 aliphatic rings. The van der Waals surface area contributed by atoms with Gasteiger partial charge in [0.2, 0.25) is 0 Å². The zero-order chi connectivity index (χ0) is 17.3. The average Bonchev–Trinajstić information content (AvgIpc) is 2.49. The van der Waals surface area contributed by atoms with E-state index in [0.29, 0.717) is 0 Å². The van der Waals surface area contributed by atoms with E-state index in [2.05, 4.69) is 13.4 Å². The van der Waals surface area contributed by atoms with Crippen LogP contribution in [0.3, 0.4) is 0 Å². The molecule has 1 aliphatic heterocycles. The lowest BCUT2D eigenvalue weighted by Gasteiger charge is -2.19. The molecule has 4 unspecified atom stereocenters. The minimum atomic E-state index is -5.55. The molecule has 0 aromatic heterocycles. The molecule has 13 nitrogen and oxygen atoms in total. The van der Waals surface area contributed by atoms with Gasteiger partial charge >= 0.3 is 23.2 Å². The van der Waals surface area contributed by atoms with Gasteiger partial charge in [0.05, 0.1) is 6.00 Å². The van der Waals surface area contributed by atoms with E-state index in [1.165, 1.54) is 7.85 Å². The standard InChI is InChI=1S/C5H14BO13P3/c6-4-2(7)3(8)5(17-4)16-1-20(9,10)18-22(14,15)19-21(11,12)13/h2-5,7-8H,1,6H2,(H,9,10)(H,14,15)(H2,11,12,13)/t2?,3?,4-,5+/m1/s1. The molecular weight excluding hydrogens is 372 g/mol. The van der Waals surface area contributed by atoms with Crippen LogP contribution in [0.15, 0.2) is 0 Å². The van der Waals surface area contributed by atoms with Crippen molar-refractivity contribution in [3.63, 3.8) is 0 Å². The number of ether oxygens (including phenoxy) is 2. The number of rotatable bonds is 7. The summed E-state index contributed by atoms with van der Waals surface area (Å²) in [6, 6.07) is -0.832. The number of hydrogen-bond donors (Lipinski definition) is 6. The van der Waals surface area contributed by atoms with E-state index in [1.54, 1.807) is 0 Å². The van der Waals surface area contributed by atoms with Crippen molar-refractivity contribution in [3.05, 3.63) is 0 Å². The summed E-state index contributed by atoms with van der Waals surface area (Å²) in [5, 5.41) is 18.8. The number of hydrogen-bond acceptors (Lipinski definition) is 9. The normalized spacial score (nSPS) is 35.0. The van der Waals surface area contributed by atoms with Gasteiger partial charge in [0.15, 0.2) is 12.6 Å². The van der Waals surface area contributed by atoms with Gasteiger partial charge in [-0.25, -0.2) is 13.4 Å². The summed E-state index contributed by atoms with van der Waals surface area (Å²) in [4.78, 5) is 34.9. The van der Waals surface area contributed by atoms with E-state index in [4.69, 9.17) is 19.4 Å². The van der Waals surface area contributed by atoms with E-state index in [1.807, 2.05) is 0 Å². The first-order valence-corrected chi connectivity index (χ1v) is 10.3. The van der Waals surface area contributed by atoms with Gasteiger partial charge in [0.25, 0.3) is 0 Å². The molecule has 0 amide bonds. The molecule has 6 atom stereocenters. The Hall–Kier alpha value is 0.355. The largest absolute Gasteiger partial charge is 0.488 e. The fraction of sp³-hybridized carbons (Fsp3) is 1.00. The molecule has 22 heavy (non-hydrogen) atoms. The maximum absolute atomic E-state index is 11.5. The Balaban J connectivity index is 2.60. The van der Waals surface area contributed by atoms with Crippen LogP contribution in [0, 0.1) is 0 Å². The van der Waals surface area contributed by atoms with Crippen molar-refractivity contribution >= 4 is 31.1 Å². The van der Waals surface area contributed by atoms with Gasteiger partial charge < -0.3 is 39.3 Å². The first kappa shape index (κ1) is 20.4. The fourth-order valence-corrected chi connectivity index (χ4v) is 4.73. The second kappa shape index (κ2) is 7.08. The quantitative estimate of drug-likeness (QED) is 0.196. The molecular formula is C5H14BO13P3. The van der Waals surface area contributed by atoms with E-state index in [9.17, 15) is 28.8 Å². The summed E-state index contributed by atoms with van der Waals surface area (Å²) in [7, 11) is -14.6. The molecule has 0 saturated carbocycles. The van der Waals surface area contributed by atoms with Crippen LogP contribution in [-0.2, 0) is 31.8 Å². The Morgan fingerprint density at radius 3 is 1.95 bits per heavy atom. The molecule has 0 radical (unpaired) electrons. The highest BCUT2D eigenvalue weighted by Crippen LogP contribution is 2.65. The molecule has 130 valence electrons. The summed E-state index contributed by atoms with van der Waals surface area (Å²) in [5.41, 5.74) is 0. The van der Waals surface area contributed by atoms with Crippen LogP contribution in [0.1, 0.15) is 0 Å². The predicted octanol–water partition coefficient (Wildman–Crippen LogP) is -2.59. The molecule has 0 aromatic rings. The summed E-state index contributed by atoms with van der Waals surface area (Å²) < 4.78 is 49.6. The summed E-state index contributed by atoms with van der Waals surface area (Å²) in [6.45, 7) is 0. The van der Waals surface area contributed by atoms with Gasteiger partial charge in [-0.05, 0) is 0 Å². The zero-order valence-electron chi connectivity index (χ0n) is 10.9. The lowest BCUT2D eigenvalue weighted by atomic mass is 9.94. The van der Waals surface area contributed by atoms with Gasteiger partial charge in [0, 0.05) is 0 Å². The molecule has 0 spiro atoms. The van der Waals surface area contributed by atoms with Crippen LogP contribution in [0.25, 0.3) is 0 Å². The molecule has 17 heteroatoms. The number of aliphatic hydroxyl groups excluding tert-OH is 2. The number of phosphoric acid groups is 2. The molecule has 1 fully saturated rings. The van der Waals surface area contributed by atoms with E-state index < -0.39 is 54.1 Å². The van der Waals surface area contributed by atoms with E-state index in [0.717, 1.165) is 0 Å². The average molecular weight is 386 g/mol. The monoisotopic (exact) mass is 386 g/mol. The molecule has 1 rings (SSSR count). The van der Waals surface area contributed by atoms with Crippen LogP contribution in [-0.4, -0.2) is 68.5 Å². The van der Waals surface area contributed by atoms with Gasteiger partial charge in [0.1, 0.15) is 20.1 Å². The second-order valence-corrected chi connectivity index (χ2v) is 9.00. The smallest absolute Gasteiger partial charge is 0.388 e. The summed E-state index contributed by atoms with van der Waals surface area (Å²) >= 11 is 0. The van der Waals surface area contributed by atoms with Crippen molar-refractivity contribution in [1.29, 1.82) is 0 Å². The first-order chi connectivity index (χ1) is 9.72. The highest BCUT2D eigenvalue weighted by Gasteiger charge is 2.44. The Bertz CT molecular complexity index is 532. The van der Waals surface area contributed by atoms with Crippen molar-refractivity contribution in [3.8, 4) is 0 Å². The topological polar surface area (TPSA) is 210 Å². The molecule has 6 N–H and O–H groups in total.